The Bertz CT molecular complexity index is 716. The van der Waals surface area contributed by atoms with E-state index in [-0.39, 0.29) is 6.04 Å². The molecule has 0 bridgehead atoms. The van der Waals surface area contributed by atoms with Gasteiger partial charge in [0.25, 0.3) is 0 Å². The van der Waals surface area contributed by atoms with Crippen molar-refractivity contribution < 1.29 is 0 Å². The van der Waals surface area contributed by atoms with E-state index in [0.717, 1.165) is 11.1 Å². The fraction of sp³-hybridized carbons (Fsp3) is 0.0667. The van der Waals surface area contributed by atoms with Crippen molar-refractivity contribution in [3.05, 3.63) is 69.0 Å². The van der Waals surface area contributed by atoms with Gasteiger partial charge in [0, 0.05) is 20.3 Å². The fourth-order valence-electron chi connectivity index (χ4n) is 2.22. The zero-order valence-electron chi connectivity index (χ0n) is 9.94. The number of thiophene rings is 1. The van der Waals surface area contributed by atoms with Gasteiger partial charge >= 0.3 is 0 Å². The molecule has 2 N–H and O–H groups in total. The molecule has 0 aliphatic rings. The van der Waals surface area contributed by atoms with Crippen LogP contribution in [-0.4, -0.2) is 0 Å². The fourth-order valence-corrected chi connectivity index (χ4v) is 3.81. The summed E-state index contributed by atoms with van der Waals surface area (Å²) in [6.07, 6.45) is 0. The van der Waals surface area contributed by atoms with Crippen molar-refractivity contribution in [2.24, 2.45) is 5.73 Å². The maximum absolute atomic E-state index is 6.38. The number of nitrogens with two attached hydrogens (primary N) is 1. The van der Waals surface area contributed by atoms with Gasteiger partial charge in [-0.05, 0) is 34.5 Å². The Morgan fingerprint density at radius 2 is 1.63 bits per heavy atom. The first-order valence-corrected chi connectivity index (χ1v) is 7.47. The molecule has 0 aliphatic carbocycles. The van der Waals surface area contributed by atoms with Crippen molar-refractivity contribution in [1.82, 2.24) is 0 Å². The number of benzene rings is 2. The Kier molecular flexibility index (Phi) is 3.50. The van der Waals surface area contributed by atoms with Crippen LogP contribution in [0.2, 0.25) is 10.0 Å². The summed E-state index contributed by atoms with van der Waals surface area (Å²) in [6.45, 7) is 0. The molecule has 0 radical (unpaired) electrons. The molecule has 0 fully saturated rings. The third kappa shape index (κ3) is 2.26. The summed E-state index contributed by atoms with van der Waals surface area (Å²) in [4.78, 5) is 0. The summed E-state index contributed by atoms with van der Waals surface area (Å²) in [7, 11) is 0. The van der Waals surface area contributed by atoms with Crippen LogP contribution >= 0.6 is 34.5 Å². The smallest absolute Gasteiger partial charge is 0.0595 e. The third-order valence-corrected chi connectivity index (χ3v) is 4.79. The molecule has 0 aliphatic heterocycles. The molecule has 0 spiro atoms. The van der Waals surface area contributed by atoms with E-state index in [9.17, 15) is 0 Å². The van der Waals surface area contributed by atoms with E-state index in [2.05, 4.69) is 17.5 Å². The van der Waals surface area contributed by atoms with Crippen LogP contribution in [-0.2, 0) is 0 Å². The molecular formula is C15H11Cl2NS. The van der Waals surface area contributed by atoms with E-state index in [1.165, 1.54) is 10.1 Å². The van der Waals surface area contributed by atoms with Crippen LogP contribution in [0.4, 0.5) is 0 Å². The zero-order valence-corrected chi connectivity index (χ0v) is 12.3. The van der Waals surface area contributed by atoms with Gasteiger partial charge in [0.2, 0.25) is 0 Å². The lowest BCUT2D eigenvalue weighted by Gasteiger charge is -2.16. The maximum atomic E-state index is 6.38. The quantitative estimate of drug-likeness (QED) is 0.687. The lowest BCUT2D eigenvalue weighted by molar-refractivity contribution is 0.883. The maximum Gasteiger partial charge on any atom is 0.0595 e. The molecule has 2 aromatic carbocycles. The van der Waals surface area contributed by atoms with Crippen LogP contribution in [0.5, 0.6) is 0 Å². The van der Waals surface area contributed by atoms with E-state index < -0.39 is 0 Å². The number of rotatable bonds is 2. The predicted octanol–water partition coefficient (Wildman–Crippen LogP) is 5.26. The summed E-state index contributed by atoms with van der Waals surface area (Å²) >= 11 is 14.2. The Labute approximate surface area is 125 Å². The molecule has 4 heteroatoms. The zero-order chi connectivity index (χ0) is 13.4. The van der Waals surface area contributed by atoms with Gasteiger partial charge in [-0.2, -0.15) is 0 Å². The summed E-state index contributed by atoms with van der Waals surface area (Å²) in [5.74, 6) is 0. The topological polar surface area (TPSA) is 26.0 Å². The van der Waals surface area contributed by atoms with Gasteiger partial charge in [-0.15, -0.1) is 11.3 Å². The molecule has 3 aromatic rings. The van der Waals surface area contributed by atoms with Gasteiger partial charge in [-0.1, -0.05) is 47.5 Å². The minimum atomic E-state index is -0.316. The molecule has 1 aromatic heterocycles. The Morgan fingerprint density at radius 3 is 2.37 bits per heavy atom. The van der Waals surface area contributed by atoms with Crippen molar-refractivity contribution in [1.29, 1.82) is 0 Å². The second-order valence-corrected chi connectivity index (χ2v) is 6.03. The van der Waals surface area contributed by atoms with Gasteiger partial charge in [-0.25, -0.2) is 0 Å². The van der Waals surface area contributed by atoms with Crippen molar-refractivity contribution in [2.45, 2.75) is 6.04 Å². The molecular weight excluding hydrogens is 297 g/mol. The van der Waals surface area contributed by atoms with Gasteiger partial charge < -0.3 is 5.73 Å². The van der Waals surface area contributed by atoms with E-state index in [1.807, 2.05) is 30.3 Å². The highest BCUT2D eigenvalue weighted by atomic mass is 35.5. The van der Waals surface area contributed by atoms with Crippen LogP contribution in [0.1, 0.15) is 17.2 Å². The highest BCUT2D eigenvalue weighted by Gasteiger charge is 2.18. The molecule has 0 amide bonds. The van der Waals surface area contributed by atoms with Crippen LogP contribution in [0.15, 0.2) is 47.8 Å². The molecule has 3 rings (SSSR count). The van der Waals surface area contributed by atoms with Gasteiger partial charge in [0.1, 0.15) is 0 Å². The summed E-state index contributed by atoms with van der Waals surface area (Å²) in [5.41, 5.74) is 8.22. The van der Waals surface area contributed by atoms with E-state index in [0.29, 0.717) is 10.0 Å². The standard InChI is InChI=1S/C15H11Cl2NS/c16-11-5-2-6-12(17)13(11)14(18)10-4-1-3-9-7-8-19-15(9)10/h1-8,14H,18H2. The minimum Gasteiger partial charge on any atom is -0.320 e. The van der Waals surface area contributed by atoms with Crippen molar-refractivity contribution in [3.63, 3.8) is 0 Å². The third-order valence-electron chi connectivity index (χ3n) is 3.16. The van der Waals surface area contributed by atoms with Gasteiger partial charge in [-0.3, -0.25) is 0 Å². The molecule has 19 heavy (non-hydrogen) atoms. The number of fused-ring (bicyclic) bond motifs is 1. The van der Waals surface area contributed by atoms with Gasteiger partial charge in [0.15, 0.2) is 0 Å². The lowest BCUT2D eigenvalue weighted by Crippen LogP contribution is -2.13. The molecule has 96 valence electrons. The highest BCUT2D eigenvalue weighted by molar-refractivity contribution is 7.17. The van der Waals surface area contributed by atoms with E-state index in [4.69, 9.17) is 28.9 Å². The average Bonchev–Trinajstić information content (AvgIpc) is 2.86. The van der Waals surface area contributed by atoms with Crippen molar-refractivity contribution >= 4 is 44.6 Å². The molecule has 1 unspecified atom stereocenters. The number of halogens is 2. The average molecular weight is 308 g/mol. The molecule has 1 atom stereocenters. The minimum absolute atomic E-state index is 0.316. The molecule has 1 nitrogen and oxygen atoms in total. The second-order valence-electron chi connectivity index (χ2n) is 4.30. The molecule has 0 saturated heterocycles. The van der Waals surface area contributed by atoms with Crippen LogP contribution in [0.25, 0.3) is 10.1 Å². The summed E-state index contributed by atoms with van der Waals surface area (Å²) < 4.78 is 1.19. The predicted molar refractivity (Wildman–Crippen MR) is 84.3 cm³/mol. The number of hydrogen-bond donors (Lipinski definition) is 1. The first-order valence-electron chi connectivity index (χ1n) is 5.84. The van der Waals surface area contributed by atoms with Gasteiger partial charge in [0.05, 0.1) is 6.04 Å². The monoisotopic (exact) mass is 307 g/mol. The Hall–Kier alpha value is -1.06. The molecule has 0 saturated carbocycles. The normalized spacial score (nSPS) is 12.8. The summed E-state index contributed by atoms with van der Waals surface area (Å²) in [5, 5.41) is 4.47. The largest absolute Gasteiger partial charge is 0.320 e. The summed E-state index contributed by atoms with van der Waals surface area (Å²) in [6, 6.07) is 13.4. The SMILES string of the molecule is NC(c1c(Cl)cccc1Cl)c1cccc2ccsc12. The lowest BCUT2D eigenvalue weighted by atomic mass is 9.98. The first kappa shape index (κ1) is 12.9. The van der Waals surface area contributed by atoms with Crippen LogP contribution < -0.4 is 5.73 Å². The first-order chi connectivity index (χ1) is 9.18. The van der Waals surface area contributed by atoms with E-state index in [1.54, 1.807) is 11.3 Å². The Balaban J connectivity index is 2.19. The van der Waals surface area contributed by atoms with E-state index >= 15 is 0 Å². The second kappa shape index (κ2) is 5.14. The van der Waals surface area contributed by atoms with Crippen molar-refractivity contribution in [3.8, 4) is 0 Å². The van der Waals surface area contributed by atoms with Crippen LogP contribution in [0, 0.1) is 0 Å². The highest BCUT2D eigenvalue weighted by Crippen LogP contribution is 2.36. The van der Waals surface area contributed by atoms with Crippen LogP contribution in [0.3, 0.4) is 0 Å². The molecule has 1 heterocycles. The number of hydrogen-bond acceptors (Lipinski definition) is 2. The van der Waals surface area contributed by atoms with Crippen molar-refractivity contribution in [2.75, 3.05) is 0 Å². The Morgan fingerprint density at radius 1 is 0.947 bits per heavy atom.